The van der Waals surface area contributed by atoms with Crippen molar-refractivity contribution in [3.05, 3.63) is 30.5 Å². The summed E-state index contributed by atoms with van der Waals surface area (Å²) in [6, 6.07) is 8.41. The molecule has 134 valence electrons. The second-order valence-electron chi connectivity index (χ2n) is 6.28. The third kappa shape index (κ3) is 4.36. The fourth-order valence-corrected chi connectivity index (χ4v) is 2.99. The molecule has 3 rings (SSSR count). The molecule has 1 N–H and O–H groups in total. The number of likely N-dealkylation sites (N-methyl/N-ethyl adjacent to an activating group) is 1. The lowest BCUT2D eigenvalue weighted by atomic mass is 10.2. The van der Waals surface area contributed by atoms with E-state index in [1.165, 1.54) is 5.69 Å². The van der Waals surface area contributed by atoms with E-state index in [4.69, 9.17) is 0 Å². The Morgan fingerprint density at radius 1 is 1.04 bits per heavy atom. The van der Waals surface area contributed by atoms with Gasteiger partial charge in [-0.05, 0) is 45.2 Å². The molecular formula is C18H27N7. The Hall–Kier alpha value is -2.41. The molecule has 2 heterocycles. The molecule has 0 spiro atoms. The van der Waals surface area contributed by atoms with Crippen LogP contribution in [0.2, 0.25) is 0 Å². The van der Waals surface area contributed by atoms with Crippen molar-refractivity contribution in [3.63, 3.8) is 0 Å². The molecule has 0 bridgehead atoms. The highest BCUT2D eigenvalue weighted by molar-refractivity contribution is 5.60. The maximum absolute atomic E-state index is 4.62. The first-order valence-electron chi connectivity index (χ1n) is 8.95. The molecule has 1 aromatic heterocycles. The fourth-order valence-electron chi connectivity index (χ4n) is 2.99. The molecule has 7 heteroatoms. The van der Waals surface area contributed by atoms with Crippen molar-refractivity contribution >= 4 is 23.1 Å². The van der Waals surface area contributed by atoms with E-state index >= 15 is 0 Å². The first-order chi connectivity index (χ1) is 12.2. The van der Waals surface area contributed by atoms with Gasteiger partial charge >= 0.3 is 0 Å². The molecule has 25 heavy (non-hydrogen) atoms. The van der Waals surface area contributed by atoms with Crippen LogP contribution in [0.3, 0.4) is 0 Å². The van der Waals surface area contributed by atoms with Gasteiger partial charge in [-0.1, -0.05) is 0 Å². The SMILES string of the molecule is CCN(CC)c1ccc(Nc2cnnc(N3CCN(C)CC3)n2)cc1. The van der Waals surface area contributed by atoms with Gasteiger partial charge in [0, 0.05) is 50.6 Å². The molecule has 0 radical (unpaired) electrons. The minimum atomic E-state index is 0.692. The Labute approximate surface area is 149 Å². The van der Waals surface area contributed by atoms with Gasteiger partial charge in [0.2, 0.25) is 5.95 Å². The van der Waals surface area contributed by atoms with Crippen LogP contribution in [0.1, 0.15) is 13.8 Å². The molecule has 1 aliphatic heterocycles. The first-order valence-corrected chi connectivity index (χ1v) is 8.95. The maximum atomic E-state index is 4.62. The van der Waals surface area contributed by atoms with Crippen LogP contribution < -0.4 is 15.1 Å². The zero-order valence-electron chi connectivity index (χ0n) is 15.3. The molecule has 1 fully saturated rings. The fraction of sp³-hybridized carbons (Fsp3) is 0.500. The van der Waals surface area contributed by atoms with Gasteiger partial charge in [0.25, 0.3) is 0 Å². The van der Waals surface area contributed by atoms with Gasteiger partial charge < -0.3 is 20.0 Å². The minimum Gasteiger partial charge on any atom is -0.372 e. The van der Waals surface area contributed by atoms with Crippen LogP contribution in [0, 0.1) is 0 Å². The van der Waals surface area contributed by atoms with Crippen molar-refractivity contribution in [2.75, 3.05) is 61.4 Å². The monoisotopic (exact) mass is 341 g/mol. The molecular weight excluding hydrogens is 314 g/mol. The lowest BCUT2D eigenvalue weighted by molar-refractivity contribution is 0.311. The van der Waals surface area contributed by atoms with Gasteiger partial charge in [-0.2, -0.15) is 10.1 Å². The van der Waals surface area contributed by atoms with Gasteiger partial charge in [0.15, 0.2) is 5.82 Å². The number of hydrogen-bond donors (Lipinski definition) is 1. The Balaban J connectivity index is 1.67. The quantitative estimate of drug-likeness (QED) is 0.864. The van der Waals surface area contributed by atoms with Crippen molar-refractivity contribution in [3.8, 4) is 0 Å². The highest BCUT2D eigenvalue weighted by Crippen LogP contribution is 2.21. The lowest BCUT2D eigenvalue weighted by Crippen LogP contribution is -2.45. The third-order valence-corrected chi connectivity index (χ3v) is 4.60. The third-order valence-electron chi connectivity index (χ3n) is 4.60. The highest BCUT2D eigenvalue weighted by Gasteiger charge is 2.17. The molecule has 1 aliphatic rings. The van der Waals surface area contributed by atoms with E-state index in [2.05, 4.69) is 80.4 Å². The zero-order valence-corrected chi connectivity index (χ0v) is 15.3. The summed E-state index contributed by atoms with van der Waals surface area (Å²) < 4.78 is 0. The van der Waals surface area contributed by atoms with Crippen molar-refractivity contribution in [2.45, 2.75) is 13.8 Å². The molecule has 0 atom stereocenters. The van der Waals surface area contributed by atoms with Gasteiger partial charge in [-0.3, -0.25) is 0 Å². The number of piperazine rings is 1. The average molecular weight is 341 g/mol. The predicted octanol–water partition coefficient (Wildman–Crippen LogP) is 2.21. The van der Waals surface area contributed by atoms with Gasteiger partial charge in [-0.15, -0.1) is 5.10 Å². The average Bonchev–Trinajstić information content (AvgIpc) is 2.65. The topological polar surface area (TPSA) is 60.4 Å². The van der Waals surface area contributed by atoms with Crippen molar-refractivity contribution in [1.29, 1.82) is 0 Å². The molecule has 0 aliphatic carbocycles. The summed E-state index contributed by atoms with van der Waals surface area (Å²) >= 11 is 0. The molecule has 0 saturated carbocycles. The second-order valence-corrected chi connectivity index (χ2v) is 6.28. The van der Waals surface area contributed by atoms with E-state index in [1.807, 2.05) is 0 Å². The number of anilines is 4. The van der Waals surface area contributed by atoms with Crippen LogP contribution in [-0.2, 0) is 0 Å². The Morgan fingerprint density at radius 3 is 2.36 bits per heavy atom. The van der Waals surface area contributed by atoms with Crippen LogP contribution in [0.25, 0.3) is 0 Å². The van der Waals surface area contributed by atoms with Crippen molar-refractivity contribution < 1.29 is 0 Å². The summed E-state index contributed by atoms with van der Waals surface area (Å²) in [6.07, 6.45) is 1.66. The summed E-state index contributed by atoms with van der Waals surface area (Å²) in [6.45, 7) is 10.3. The van der Waals surface area contributed by atoms with Crippen molar-refractivity contribution in [1.82, 2.24) is 20.1 Å². The highest BCUT2D eigenvalue weighted by atomic mass is 15.4. The predicted molar refractivity (Wildman–Crippen MR) is 103 cm³/mol. The van der Waals surface area contributed by atoms with Gasteiger partial charge in [0.1, 0.15) is 0 Å². The molecule has 1 saturated heterocycles. The van der Waals surface area contributed by atoms with E-state index < -0.39 is 0 Å². The molecule has 7 nitrogen and oxygen atoms in total. The second kappa shape index (κ2) is 8.11. The number of benzene rings is 1. The summed E-state index contributed by atoms with van der Waals surface area (Å²) in [5.41, 5.74) is 2.23. The maximum Gasteiger partial charge on any atom is 0.247 e. The van der Waals surface area contributed by atoms with E-state index in [1.54, 1.807) is 6.20 Å². The Kier molecular flexibility index (Phi) is 5.65. The molecule has 2 aromatic rings. The lowest BCUT2D eigenvalue weighted by Gasteiger charge is -2.32. The Morgan fingerprint density at radius 2 is 1.72 bits per heavy atom. The van der Waals surface area contributed by atoms with E-state index in [0.29, 0.717) is 5.95 Å². The van der Waals surface area contributed by atoms with E-state index in [-0.39, 0.29) is 0 Å². The standard InChI is InChI=1S/C18H27N7/c1-4-24(5-2)16-8-6-15(7-9-16)20-17-14-19-22-18(21-17)25-12-10-23(3)11-13-25/h6-9,14H,4-5,10-13H2,1-3H3,(H,20,21,22). The molecule has 0 unspecified atom stereocenters. The molecule has 1 aromatic carbocycles. The first kappa shape index (κ1) is 17.4. The van der Waals surface area contributed by atoms with Crippen LogP contribution in [0.4, 0.5) is 23.1 Å². The summed E-state index contributed by atoms with van der Waals surface area (Å²) in [5, 5.41) is 11.6. The van der Waals surface area contributed by atoms with Gasteiger partial charge in [0.05, 0.1) is 6.20 Å². The van der Waals surface area contributed by atoms with Crippen LogP contribution in [0.15, 0.2) is 30.5 Å². The van der Waals surface area contributed by atoms with E-state index in [9.17, 15) is 0 Å². The minimum absolute atomic E-state index is 0.692. The van der Waals surface area contributed by atoms with Gasteiger partial charge in [-0.25, -0.2) is 0 Å². The zero-order chi connectivity index (χ0) is 17.6. The summed E-state index contributed by atoms with van der Waals surface area (Å²) in [4.78, 5) is 11.4. The van der Waals surface area contributed by atoms with Crippen molar-refractivity contribution in [2.24, 2.45) is 0 Å². The van der Waals surface area contributed by atoms with Crippen LogP contribution >= 0.6 is 0 Å². The Bertz CT molecular complexity index is 661. The molecule has 0 amide bonds. The normalized spacial score (nSPS) is 15.2. The van der Waals surface area contributed by atoms with Crippen LogP contribution in [0.5, 0.6) is 0 Å². The smallest absolute Gasteiger partial charge is 0.247 e. The number of aromatic nitrogens is 3. The largest absolute Gasteiger partial charge is 0.372 e. The van der Waals surface area contributed by atoms with Crippen LogP contribution in [-0.4, -0.2) is 66.4 Å². The summed E-state index contributed by atoms with van der Waals surface area (Å²) in [7, 11) is 2.14. The number of nitrogens with one attached hydrogen (secondary N) is 1. The number of nitrogens with zero attached hydrogens (tertiary/aromatic N) is 6. The summed E-state index contributed by atoms with van der Waals surface area (Å²) in [5.74, 6) is 1.41. The number of hydrogen-bond acceptors (Lipinski definition) is 7. The number of rotatable bonds is 6. The van der Waals surface area contributed by atoms with E-state index in [0.717, 1.165) is 50.8 Å².